The van der Waals surface area contributed by atoms with E-state index in [1.807, 2.05) is 54.6 Å². The summed E-state index contributed by atoms with van der Waals surface area (Å²) in [7, 11) is 0. The quantitative estimate of drug-likeness (QED) is 0.869. The van der Waals surface area contributed by atoms with Crippen LogP contribution in [-0.2, 0) is 9.59 Å². The highest BCUT2D eigenvalue weighted by atomic mass is 16.2. The van der Waals surface area contributed by atoms with Crippen molar-refractivity contribution in [3.63, 3.8) is 0 Å². The molecule has 100 valence electrons. The molecule has 0 unspecified atom stereocenters. The van der Waals surface area contributed by atoms with Crippen LogP contribution in [0.5, 0.6) is 0 Å². The Kier molecular flexibility index (Phi) is 3.21. The molecule has 0 aromatic heterocycles. The average Bonchev–Trinajstić information content (AvgIpc) is 2.79. The Morgan fingerprint density at radius 2 is 1.60 bits per heavy atom. The Hall–Kier alpha value is -2.62. The first-order chi connectivity index (χ1) is 9.74. The van der Waals surface area contributed by atoms with E-state index >= 15 is 0 Å². The molecule has 0 spiro atoms. The maximum Gasteiger partial charge on any atom is 0.234 e. The molecule has 20 heavy (non-hydrogen) atoms. The van der Waals surface area contributed by atoms with E-state index in [2.05, 4.69) is 5.32 Å². The summed E-state index contributed by atoms with van der Waals surface area (Å²) in [6.45, 7) is 0.159. The molecule has 1 aliphatic rings. The van der Waals surface area contributed by atoms with Gasteiger partial charge in [0, 0.05) is 5.69 Å². The van der Waals surface area contributed by atoms with Gasteiger partial charge in [0.25, 0.3) is 0 Å². The van der Waals surface area contributed by atoms with Crippen LogP contribution in [0.1, 0.15) is 6.42 Å². The molecule has 1 N–H and O–H groups in total. The number of para-hydroxylation sites is 3. The molecule has 2 aromatic carbocycles. The zero-order valence-electron chi connectivity index (χ0n) is 10.9. The van der Waals surface area contributed by atoms with Crippen molar-refractivity contribution in [3.8, 4) is 0 Å². The van der Waals surface area contributed by atoms with Crippen LogP contribution in [0.15, 0.2) is 54.6 Å². The van der Waals surface area contributed by atoms with Crippen LogP contribution >= 0.6 is 0 Å². The Balaban J connectivity index is 1.93. The van der Waals surface area contributed by atoms with Crippen LogP contribution in [0.2, 0.25) is 0 Å². The standard InChI is InChI=1S/C16H14N2O2/c19-13-10-16(20)18(11-13)15-9-5-4-8-14(15)17-12-6-2-1-3-7-12/h1-9,17H,10-11H2. The van der Waals surface area contributed by atoms with E-state index in [-0.39, 0.29) is 24.7 Å². The molecule has 1 fully saturated rings. The second kappa shape index (κ2) is 5.17. The van der Waals surface area contributed by atoms with Gasteiger partial charge in [-0.3, -0.25) is 9.59 Å². The zero-order chi connectivity index (χ0) is 13.9. The number of benzene rings is 2. The maximum absolute atomic E-state index is 11.9. The van der Waals surface area contributed by atoms with Gasteiger partial charge in [0.05, 0.1) is 24.3 Å². The summed E-state index contributed by atoms with van der Waals surface area (Å²) in [5, 5.41) is 3.28. The van der Waals surface area contributed by atoms with Gasteiger partial charge in [-0.1, -0.05) is 30.3 Å². The minimum atomic E-state index is -0.141. The predicted octanol–water partition coefficient (Wildman–Crippen LogP) is 2.74. The van der Waals surface area contributed by atoms with Gasteiger partial charge < -0.3 is 10.2 Å². The predicted molar refractivity (Wildman–Crippen MR) is 78.1 cm³/mol. The van der Waals surface area contributed by atoms with Crippen LogP contribution in [0.3, 0.4) is 0 Å². The molecule has 3 rings (SSSR count). The van der Waals surface area contributed by atoms with Crippen LogP contribution in [-0.4, -0.2) is 18.2 Å². The second-order valence-corrected chi connectivity index (χ2v) is 4.70. The minimum absolute atomic E-state index is 0.000326. The van der Waals surface area contributed by atoms with E-state index in [0.29, 0.717) is 0 Å². The lowest BCUT2D eigenvalue weighted by Gasteiger charge is -2.19. The first-order valence-electron chi connectivity index (χ1n) is 6.47. The molecule has 1 heterocycles. The second-order valence-electron chi connectivity index (χ2n) is 4.70. The summed E-state index contributed by atoms with van der Waals surface area (Å²) in [6.07, 6.45) is -0.000326. The SMILES string of the molecule is O=C1CC(=O)N(c2ccccc2Nc2ccccc2)C1. The van der Waals surface area contributed by atoms with Crippen LogP contribution in [0.4, 0.5) is 17.1 Å². The number of ketones is 1. The normalized spacial score (nSPS) is 14.7. The Morgan fingerprint density at radius 3 is 2.30 bits per heavy atom. The van der Waals surface area contributed by atoms with Crippen LogP contribution in [0, 0.1) is 0 Å². The van der Waals surface area contributed by atoms with Gasteiger partial charge in [-0.05, 0) is 24.3 Å². The summed E-state index contributed by atoms with van der Waals surface area (Å²) >= 11 is 0. The van der Waals surface area contributed by atoms with E-state index < -0.39 is 0 Å². The van der Waals surface area contributed by atoms with Crippen LogP contribution < -0.4 is 10.2 Å². The van der Waals surface area contributed by atoms with Crippen molar-refractivity contribution < 1.29 is 9.59 Å². The van der Waals surface area contributed by atoms with Gasteiger partial charge in [-0.2, -0.15) is 0 Å². The molecule has 0 aliphatic carbocycles. The summed E-state index contributed by atoms with van der Waals surface area (Å²) < 4.78 is 0. The van der Waals surface area contributed by atoms with Gasteiger partial charge in [-0.15, -0.1) is 0 Å². The van der Waals surface area contributed by atoms with Crippen molar-refractivity contribution in [2.24, 2.45) is 0 Å². The van der Waals surface area contributed by atoms with Crippen molar-refractivity contribution in [1.82, 2.24) is 0 Å². The van der Waals surface area contributed by atoms with Crippen molar-refractivity contribution in [3.05, 3.63) is 54.6 Å². The lowest BCUT2D eigenvalue weighted by Crippen LogP contribution is -2.25. The topological polar surface area (TPSA) is 49.4 Å². The summed E-state index contributed by atoms with van der Waals surface area (Å²) in [5.41, 5.74) is 2.51. The van der Waals surface area contributed by atoms with Gasteiger partial charge >= 0.3 is 0 Å². The Bertz CT molecular complexity index is 653. The Morgan fingerprint density at radius 1 is 0.900 bits per heavy atom. The number of hydrogen-bond acceptors (Lipinski definition) is 3. The van der Waals surface area contributed by atoms with Crippen molar-refractivity contribution in [1.29, 1.82) is 0 Å². The first kappa shape index (κ1) is 12.4. The molecule has 2 aromatic rings. The number of carbonyl (C=O) groups is 2. The van der Waals surface area contributed by atoms with Gasteiger partial charge in [0.1, 0.15) is 0 Å². The molecule has 0 saturated carbocycles. The highest BCUT2D eigenvalue weighted by Gasteiger charge is 2.29. The molecule has 1 aliphatic heterocycles. The van der Waals surface area contributed by atoms with E-state index in [1.165, 1.54) is 4.90 Å². The monoisotopic (exact) mass is 266 g/mol. The van der Waals surface area contributed by atoms with E-state index in [1.54, 1.807) is 0 Å². The molecule has 1 amide bonds. The van der Waals surface area contributed by atoms with E-state index in [4.69, 9.17) is 0 Å². The number of rotatable bonds is 3. The molecule has 4 heteroatoms. The molecule has 0 atom stereocenters. The number of amides is 1. The van der Waals surface area contributed by atoms with Gasteiger partial charge in [0.2, 0.25) is 5.91 Å². The molecule has 4 nitrogen and oxygen atoms in total. The molecular weight excluding hydrogens is 252 g/mol. The fourth-order valence-corrected chi connectivity index (χ4v) is 2.30. The summed E-state index contributed by atoms with van der Waals surface area (Å²) in [5.74, 6) is -0.179. The number of Topliss-reactive ketones (excluding diaryl/α,β-unsaturated/α-hetero) is 1. The first-order valence-corrected chi connectivity index (χ1v) is 6.47. The van der Waals surface area contributed by atoms with E-state index in [9.17, 15) is 9.59 Å². The third-order valence-corrected chi connectivity index (χ3v) is 3.23. The number of nitrogens with zero attached hydrogens (tertiary/aromatic N) is 1. The Labute approximate surface area is 117 Å². The highest BCUT2D eigenvalue weighted by molar-refractivity contribution is 6.16. The molecule has 1 saturated heterocycles. The average molecular weight is 266 g/mol. The number of carbonyl (C=O) groups excluding carboxylic acids is 2. The summed E-state index contributed by atoms with van der Waals surface area (Å²) in [4.78, 5) is 24.8. The van der Waals surface area contributed by atoms with Gasteiger partial charge in [0.15, 0.2) is 5.78 Å². The molecule has 0 bridgehead atoms. The fraction of sp³-hybridized carbons (Fsp3) is 0.125. The highest BCUT2D eigenvalue weighted by Crippen LogP contribution is 2.30. The maximum atomic E-state index is 11.9. The smallest absolute Gasteiger partial charge is 0.234 e. The lowest BCUT2D eigenvalue weighted by molar-refractivity contribution is -0.121. The molecule has 0 radical (unpaired) electrons. The number of anilines is 3. The third-order valence-electron chi connectivity index (χ3n) is 3.23. The van der Waals surface area contributed by atoms with Crippen LogP contribution in [0.25, 0.3) is 0 Å². The fourth-order valence-electron chi connectivity index (χ4n) is 2.30. The number of hydrogen-bond donors (Lipinski definition) is 1. The van der Waals surface area contributed by atoms with Crippen molar-refractivity contribution in [2.75, 3.05) is 16.8 Å². The molecular formula is C16H14N2O2. The zero-order valence-corrected chi connectivity index (χ0v) is 10.9. The lowest BCUT2D eigenvalue weighted by atomic mass is 10.2. The summed E-state index contributed by atoms with van der Waals surface area (Å²) in [6, 6.07) is 17.2. The minimum Gasteiger partial charge on any atom is -0.354 e. The van der Waals surface area contributed by atoms with E-state index in [0.717, 1.165) is 17.1 Å². The van der Waals surface area contributed by atoms with Crippen molar-refractivity contribution in [2.45, 2.75) is 6.42 Å². The third kappa shape index (κ3) is 2.40. The number of nitrogens with one attached hydrogen (secondary N) is 1. The van der Waals surface area contributed by atoms with Gasteiger partial charge in [-0.25, -0.2) is 0 Å². The van der Waals surface area contributed by atoms with Crippen molar-refractivity contribution >= 4 is 28.8 Å². The largest absolute Gasteiger partial charge is 0.354 e.